The maximum absolute atomic E-state index is 13.2. The van der Waals surface area contributed by atoms with Gasteiger partial charge < -0.3 is 10.4 Å². The number of pyridine rings is 1. The van der Waals surface area contributed by atoms with E-state index >= 15 is 0 Å². The van der Waals surface area contributed by atoms with Gasteiger partial charge in [0.1, 0.15) is 0 Å². The van der Waals surface area contributed by atoms with Crippen molar-refractivity contribution in [1.82, 2.24) is 20.5 Å². The second-order valence-corrected chi connectivity index (χ2v) is 8.70. The zero-order chi connectivity index (χ0) is 22.0. The van der Waals surface area contributed by atoms with E-state index < -0.39 is 11.5 Å². The lowest BCUT2D eigenvalue weighted by molar-refractivity contribution is -0.136. The molecule has 2 aromatic carbocycles. The minimum atomic E-state index is -1.73. The summed E-state index contributed by atoms with van der Waals surface area (Å²) in [6.45, 7) is 3.31. The van der Waals surface area contributed by atoms with Crippen molar-refractivity contribution in [3.8, 4) is 0 Å². The number of aliphatic hydroxyl groups is 1. The number of amides is 1. The van der Waals surface area contributed by atoms with Gasteiger partial charge in [-0.25, -0.2) is 0 Å². The van der Waals surface area contributed by atoms with Crippen LogP contribution in [0.5, 0.6) is 0 Å². The van der Waals surface area contributed by atoms with E-state index in [4.69, 9.17) is 0 Å². The molecule has 2 fully saturated rings. The van der Waals surface area contributed by atoms with Crippen molar-refractivity contribution in [1.29, 1.82) is 0 Å². The van der Waals surface area contributed by atoms with Gasteiger partial charge in [0.05, 0.1) is 12.4 Å². The minimum Gasteiger partial charge on any atom is -0.372 e. The summed E-state index contributed by atoms with van der Waals surface area (Å²) in [7, 11) is 0. The first-order chi connectivity index (χ1) is 15.7. The zero-order valence-electron chi connectivity index (χ0n) is 17.9. The number of hydrogen-bond donors (Lipinski definition) is 3. The Morgan fingerprint density at radius 3 is 2.09 bits per heavy atom. The van der Waals surface area contributed by atoms with Gasteiger partial charge in [0.25, 0.3) is 5.91 Å². The van der Waals surface area contributed by atoms with Crippen LogP contribution in [0.2, 0.25) is 0 Å². The van der Waals surface area contributed by atoms with Gasteiger partial charge in [-0.1, -0.05) is 66.7 Å². The van der Waals surface area contributed by atoms with Crippen LogP contribution in [0.4, 0.5) is 0 Å². The number of piperidine rings is 1. The van der Waals surface area contributed by atoms with Crippen molar-refractivity contribution in [2.75, 3.05) is 19.8 Å². The summed E-state index contributed by atoms with van der Waals surface area (Å²) < 4.78 is 0. The maximum atomic E-state index is 13.2. The summed E-state index contributed by atoms with van der Waals surface area (Å²) in [5.74, 6) is 0.792. The highest BCUT2D eigenvalue weighted by Crippen LogP contribution is 2.45. The number of aromatic nitrogens is 1. The Morgan fingerprint density at radius 1 is 0.938 bits per heavy atom. The van der Waals surface area contributed by atoms with Gasteiger partial charge in [-0.05, 0) is 35.1 Å². The van der Waals surface area contributed by atoms with Crippen molar-refractivity contribution in [3.05, 3.63) is 102 Å². The number of nitrogens with one attached hydrogen (secondary N) is 2. The lowest BCUT2D eigenvalue weighted by Crippen LogP contribution is -2.48. The van der Waals surface area contributed by atoms with E-state index in [1.165, 1.54) is 0 Å². The normalized spacial score (nSPS) is 22.3. The first kappa shape index (κ1) is 20.8. The Balaban J connectivity index is 1.16. The summed E-state index contributed by atoms with van der Waals surface area (Å²) in [5.41, 5.74) is 0.476. The van der Waals surface area contributed by atoms with Gasteiger partial charge in [0.15, 0.2) is 5.60 Å². The number of benzene rings is 2. The molecule has 0 bridgehead atoms. The Labute approximate surface area is 188 Å². The van der Waals surface area contributed by atoms with Crippen molar-refractivity contribution >= 4 is 5.91 Å². The van der Waals surface area contributed by atoms with E-state index in [2.05, 4.69) is 26.6 Å². The molecule has 1 aromatic heterocycles. The van der Waals surface area contributed by atoms with Crippen LogP contribution in [0, 0.1) is 11.8 Å². The van der Waals surface area contributed by atoms with Crippen molar-refractivity contribution in [2.24, 2.45) is 11.8 Å². The standard InChI is InChI=1S/C26H28N4O2/c31-25(26(32,19-9-3-1-4-10-19)20-11-5-2-6-12-20)29-18-28-24-22-16-30(17-23(22)24)15-21-13-7-8-14-27-21/h1-14,22-24,28,32H,15-18H2,(H,29,31)/t22-,23+,24?. The van der Waals surface area contributed by atoms with E-state index in [-0.39, 0.29) is 0 Å². The quantitative estimate of drug-likeness (QED) is 0.479. The van der Waals surface area contributed by atoms with Crippen LogP contribution >= 0.6 is 0 Å². The van der Waals surface area contributed by atoms with E-state index in [9.17, 15) is 9.90 Å². The number of likely N-dealkylation sites (tertiary alicyclic amines) is 1. The van der Waals surface area contributed by atoms with E-state index in [1.54, 1.807) is 24.3 Å². The smallest absolute Gasteiger partial charge is 0.262 e. The molecule has 1 amide bonds. The summed E-state index contributed by atoms with van der Waals surface area (Å²) in [4.78, 5) is 20.0. The fourth-order valence-corrected chi connectivity index (χ4v) is 4.93. The molecule has 6 nitrogen and oxygen atoms in total. The van der Waals surface area contributed by atoms with E-state index in [1.807, 2.05) is 54.7 Å². The number of nitrogens with zero attached hydrogens (tertiary/aromatic N) is 2. The fraction of sp³-hybridized carbons (Fsp3) is 0.308. The molecule has 3 aromatic rings. The number of carbonyl (C=O) groups excluding carboxylic acids is 1. The third-order valence-corrected chi connectivity index (χ3v) is 6.68. The zero-order valence-corrected chi connectivity index (χ0v) is 17.9. The van der Waals surface area contributed by atoms with E-state index in [0.29, 0.717) is 35.7 Å². The molecule has 5 rings (SSSR count). The Bertz CT molecular complexity index is 994. The molecule has 164 valence electrons. The lowest BCUT2D eigenvalue weighted by atomic mass is 9.85. The molecule has 1 saturated carbocycles. The topological polar surface area (TPSA) is 77.5 Å². The third-order valence-electron chi connectivity index (χ3n) is 6.68. The molecule has 1 unspecified atom stereocenters. The molecule has 3 N–H and O–H groups in total. The molecular formula is C26H28N4O2. The molecule has 1 saturated heterocycles. The monoisotopic (exact) mass is 428 g/mol. The lowest BCUT2D eigenvalue weighted by Gasteiger charge is -2.28. The van der Waals surface area contributed by atoms with Gasteiger partial charge in [0, 0.05) is 31.9 Å². The highest BCUT2D eigenvalue weighted by atomic mass is 16.3. The number of carbonyl (C=O) groups is 1. The first-order valence-electron chi connectivity index (χ1n) is 11.1. The Morgan fingerprint density at radius 2 is 1.53 bits per heavy atom. The van der Waals surface area contributed by atoms with Gasteiger partial charge in [0.2, 0.25) is 0 Å². The number of hydrogen-bond acceptors (Lipinski definition) is 5. The predicted molar refractivity (Wildman–Crippen MR) is 122 cm³/mol. The predicted octanol–water partition coefficient (Wildman–Crippen LogP) is 2.11. The second-order valence-electron chi connectivity index (χ2n) is 8.70. The van der Waals surface area contributed by atoms with Crippen LogP contribution in [0.1, 0.15) is 16.8 Å². The summed E-state index contributed by atoms with van der Waals surface area (Å²) >= 11 is 0. The van der Waals surface area contributed by atoms with Crippen molar-refractivity contribution in [2.45, 2.75) is 18.2 Å². The molecule has 0 radical (unpaired) electrons. The average Bonchev–Trinajstić information content (AvgIpc) is 3.30. The largest absolute Gasteiger partial charge is 0.372 e. The van der Waals surface area contributed by atoms with Gasteiger partial charge in [-0.15, -0.1) is 0 Å². The molecule has 2 aliphatic rings. The molecule has 1 aliphatic heterocycles. The highest BCUT2D eigenvalue weighted by Gasteiger charge is 2.55. The molecule has 1 aliphatic carbocycles. The van der Waals surface area contributed by atoms with Crippen LogP contribution in [-0.4, -0.2) is 46.7 Å². The van der Waals surface area contributed by atoms with Gasteiger partial charge in [-0.3, -0.25) is 20.0 Å². The molecule has 0 spiro atoms. The Kier molecular flexibility index (Phi) is 5.74. The SMILES string of the molecule is O=C(NCNC1[C@H]2CN(Cc3ccccn3)C[C@@H]12)C(O)(c1ccccc1)c1ccccc1. The van der Waals surface area contributed by atoms with E-state index in [0.717, 1.165) is 25.3 Å². The number of rotatable bonds is 8. The van der Waals surface area contributed by atoms with Crippen LogP contribution < -0.4 is 10.6 Å². The fourth-order valence-electron chi connectivity index (χ4n) is 4.93. The molecule has 6 heteroatoms. The third kappa shape index (κ3) is 4.05. The van der Waals surface area contributed by atoms with Crippen LogP contribution in [0.15, 0.2) is 85.1 Å². The summed E-state index contributed by atoms with van der Waals surface area (Å²) in [6, 6.07) is 24.6. The van der Waals surface area contributed by atoms with Gasteiger partial charge in [-0.2, -0.15) is 0 Å². The van der Waals surface area contributed by atoms with Crippen LogP contribution in [-0.2, 0) is 16.9 Å². The number of fused-ring (bicyclic) bond motifs is 1. The first-order valence-corrected chi connectivity index (χ1v) is 11.1. The molecular weight excluding hydrogens is 400 g/mol. The summed E-state index contributed by atoms with van der Waals surface area (Å²) in [5, 5.41) is 17.9. The summed E-state index contributed by atoms with van der Waals surface area (Å²) in [6.07, 6.45) is 1.84. The minimum absolute atomic E-state index is 0.332. The molecule has 3 atom stereocenters. The molecule has 2 heterocycles. The highest BCUT2D eigenvalue weighted by molar-refractivity contribution is 5.90. The molecule has 32 heavy (non-hydrogen) atoms. The van der Waals surface area contributed by atoms with Crippen molar-refractivity contribution < 1.29 is 9.90 Å². The van der Waals surface area contributed by atoms with Gasteiger partial charge >= 0.3 is 0 Å². The van der Waals surface area contributed by atoms with Crippen molar-refractivity contribution in [3.63, 3.8) is 0 Å². The average molecular weight is 429 g/mol. The van der Waals surface area contributed by atoms with Crippen LogP contribution in [0.3, 0.4) is 0 Å². The second kappa shape index (κ2) is 8.82. The van der Waals surface area contributed by atoms with Crippen LogP contribution in [0.25, 0.3) is 0 Å². The maximum Gasteiger partial charge on any atom is 0.262 e. The Hall–Kier alpha value is -3.06.